The zero-order valence-electron chi connectivity index (χ0n) is 15.9. The number of ether oxygens (including phenoxy) is 1. The molecule has 1 aliphatic heterocycles. The highest BCUT2D eigenvalue weighted by Gasteiger charge is 2.33. The van der Waals surface area contributed by atoms with Crippen LogP contribution in [0.4, 0.5) is 11.4 Å². The van der Waals surface area contributed by atoms with Crippen molar-refractivity contribution in [1.29, 1.82) is 5.26 Å². The molecule has 4 rings (SSSR count). The molecule has 0 atom stereocenters. The van der Waals surface area contributed by atoms with Crippen LogP contribution >= 0.6 is 11.6 Å². The zero-order valence-corrected chi connectivity index (χ0v) is 16.7. The monoisotopic (exact) mass is 397 g/mol. The van der Waals surface area contributed by atoms with Crippen LogP contribution in [-0.2, 0) is 6.54 Å². The van der Waals surface area contributed by atoms with E-state index >= 15 is 0 Å². The lowest BCUT2D eigenvalue weighted by molar-refractivity contribution is 0.122. The van der Waals surface area contributed by atoms with E-state index in [0.717, 1.165) is 43.6 Å². The third-order valence-corrected chi connectivity index (χ3v) is 6.07. The highest BCUT2D eigenvalue weighted by Crippen LogP contribution is 2.41. The molecule has 2 aromatic rings. The number of benzene rings is 2. The molecule has 0 aromatic heterocycles. The maximum absolute atomic E-state index is 9.86. The van der Waals surface area contributed by atoms with Gasteiger partial charge < -0.3 is 19.6 Å². The van der Waals surface area contributed by atoms with Crippen LogP contribution in [0.5, 0.6) is 5.75 Å². The molecule has 0 bridgehead atoms. The van der Waals surface area contributed by atoms with Gasteiger partial charge in [-0.05, 0) is 61.6 Å². The molecule has 0 spiro atoms. The van der Waals surface area contributed by atoms with E-state index in [-0.39, 0.29) is 6.10 Å². The molecular formula is C22H24ClN3O2. The number of rotatable bonds is 4. The van der Waals surface area contributed by atoms with E-state index in [4.69, 9.17) is 16.3 Å². The van der Waals surface area contributed by atoms with Crippen LogP contribution in [0.25, 0.3) is 0 Å². The summed E-state index contributed by atoms with van der Waals surface area (Å²) in [5.41, 5.74) is 4.01. The molecule has 1 fully saturated rings. The van der Waals surface area contributed by atoms with Gasteiger partial charge in [0.1, 0.15) is 5.75 Å². The standard InChI is InChI=1S/C22H24ClN3O2/c1-28-22-9-3-16(10-19(22)23)13-25-14-26(17-4-6-18(27)7-5-17)20-8-2-15(12-24)11-21(20)25/h2-3,8-11,17-18,27H,4-7,13-14H2,1H3. The Bertz CT molecular complexity index is 903. The smallest absolute Gasteiger partial charge is 0.137 e. The fraction of sp³-hybridized carbons (Fsp3) is 0.409. The Morgan fingerprint density at radius 2 is 1.93 bits per heavy atom. The molecule has 146 valence electrons. The van der Waals surface area contributed by atoms with E-state index in [1.165, 1.54) is 5.69 Å². The minimum absolute atomic E-state index is 0.170. The molecular weight excluding hydrogens is 374 g/mol. The summed E-state index contributed by atoms with van der Waals surface area (Å²) >= 11 is 6.31. The Kier molecular flexibility index (Phi) is 5.34. The number of nitriles is 1. The molecule has 1 aliphatic carbocycles. The van der Waals surface area contributed by atoms with Gasteiger partial charge in [0.25, 0.3) is 0 Å². The van der Waals surface area contributed by atoms with E-state index in [0.29, 0.717) is 28.9 Å². The summed E-state index contributed by atoms with van der Waals surface area (Å²) in [6, 6.07) is 14.4. The normalized spacial score (nSPS) is 21.4. The van der Waals surface area contributed by atoms with Gasteiger partial charge in [-0.15, -0.1) is 0 Å². The predicted octanol–water partition coefficient (Wildman–Crippen LogP) is 4.31. The molecule has 0 saturated heterocycles. The predicted molar refractivity (Wildman–Crippen MR) is 111 cm³/mol. The van der Waals surface area contributed by atoms with Crippen LogP contribution in [-0.4, -0.2) is 31.0 Å². The summed E-state index contributed by atoms with van der Waals surface area (Å²) in [7, 11) is 1.61. The van der Waals surface area contributed by atoms with Crippen LogP contribution in [0, 0.1) is 11.3 Å². The Labute approximate surface area is 170 Å². The van der Waals surface area contributed by atoms with Crippen molar-refractivity contribution in [1.82, 2.24) is 0 Å². The minimum Gasteiger partial charge on any atom is -0.495 e. The highest BCUT2D eigenvalue weighted by molar-refractivity contribution is 6.32. The second-order valence-corrected chi connectivity index (χ2v) is 7.96. The van der Waals surface area contributed by atoms with Crippen molar-refractivity contribution in [2.45, 2.75) is 44.4 Å². The molecule has 1 N–H and O–H groups in total. The van der Waals surface area contributed by atoms with Crippen LogP contribution < -0.4 is 14.5 Å². The van der Waals surface area contributed by atoms with Gasteiger partial charge >= 0.3 is 0 Å². The Balaban J connectivity index is 1.61. The van der Waals surface area contributed by atoms with Crippen LogP contribution in [0.15, 0.2) is 36.4 Å². The van der Waals surface area contributed by atoms with Crippen molar-refractivity contribution in [2.24, 2.45) is 0 Å². The van der Waals surface area contributed by atoms with Crippen molar-refractivity contribution >= 4 is 23.0 Å². The summed E-state index contributed by atoms with van der Waals surface area (Å²) in [6.45, 7) is 1.48. The van der Waals surface area contributed by atoms with Crippen molar-refractivity contribution in [2.75, 3.05) is 23.6 Å². The van der Waals surface area contributed by atoms with Gasteiger partial charge in [-0.2, -0.15) is 5.26 Å². The number of hydrogen-bond acceptors (Lipinski definition) is 5. The van der Waals surface area contributed by atoms with Gasteiger partial charge in [-0.1, -0.05) is 17.7 Å². The second kappa shape index (κ2) is 7.90. The average Bonchev–Trinajstić information content (AvgIpc) is 3.06. The first kappa shape index (κ1) is 18.9. The Hall–Kier alpha value is -2.42. The Morgan fingerprint density at radius 1 is 1.14 bits per heavy atom. The topological polar surface area (TPSA) is 59.7 Å². The maximum atomic E-state index is 9.86. The van der Waals surface area contributed by atoms with Gasteiger partial charge in [-0.25, -0.2) is 0 Å². The Morgan fingerprint density at radius 3 is 2.61 bits per heavy atom. The van der Waals surface area contributed by atoms with E-state index in [2.05, 4.69) is 21.9 Å². The van der Waals surface area contributed by atoms with E-state index < -0.39 is 0 Å². The van der Waals surface area contributed by atoms with Crippen LogP contribution in [0.1, 0.15) is 36.8 Å². The van der Waals surface area contributed by atoms with E-state index in [1.807, 2.05) is 30.3 Å². The molecule has 5 nitrogen and oxygen atoms in total. The fourth-order valence-electron chi connectivity index (χ4n) is 4.27. The number of fused-ring (bicyclic) bond motifs is 1. The number of halogens is 1. The van der Waals surface area contributed by atoms with Crippen molar-refractivity contribution < 1.29 is 9.84 Å². The molecule has 6 heteroatoms. The molecule has 1 saturated carbocycles. The number of hydrogen-bond donors (Lipinski definition) is 1. The molecule has 2 aliphatic rings. The lowest BCUT2D eigenvalue weighted by atomic mass is 9.92. The summed E-state index contributed by atoms with van der Waals surface area (Å²) in [5, 5.41) is 19.8. The van der Waals surface area contributed by atoms with E-state index in [9.17, 15) is 10.4 Å². The van der Waals surface area contributed by atoms with Gasteiger partial charge in [0.2, 0.25) is 0 Å². The lowest BCUT2D eigenvalue weighted by Gasteiger charge is -2.35. The van der Waals surface area contributed by atoms with Crippen molar-refractivity contribution in [3.8, 4) is 11.8 Å². The molecule has 0 unspecified atom stereocenters. The lowest BCUT2D eigenvalue weighted by Crippen LogP contribution is -2.41. The number of aliphatic hydroxyl groups is 1. The molecule has 28 heavy (non-hydrogen) atoms. The van der Waals surface area contributed by atoms with E-state index in [1.54, 1.807) is 7.11 Å². The maximum Gasteiger partial charge on any atom is 0.137 e. The number of methoxy groups -OCH3 is 1. The molecule has 0 amide bonds. The van der Waals surface area contributed by atoms with Gasteiger partial charge in [0.15, 0.2) is 0 Å². The highest BCUT2D eigenvalue weighted by atomic mass is 35.5. The second-order valence-electron chi connectivity index (χ2n) is 7.56. The quantitative estimate of drug-likeness (QED) is 0.833. The van der Waals surface area contributed by atoms with Crippen molar-refractivity contribution in [3.05, 3.63) is 52.5 Å². The summed E-state index contributed by atoms with van der Waals surface area (Å²) in [6.07, 6.45) is 3.50. The van der Waals surface area contributed by atoms with Crippen LogP contribution in [0.2, 0.25) is 5.02 Å². The fourth-order valence-corrected chi connectivity index (χ4v) is 4.55. The summed E-state index contributed by atoms with van der Waals surface area (Å²) in [5.74, 6) is 0.668. The number of aliphatic hydroxyl groups excluding tert-OH is 1. The largest absolute Gasteiger partial charge is 0.495 e. The van der Waals surface area contributed by atoms with Gasteiger partial charge in [0, 0.05) is 12.6 Å². The summed E-state index contributed by atoms with van der Waals surface area (Å²) in [4.78, 5) is 4.72. The van der Waals surface area contributed by atoms with Crippen molar-refractivity contribution in [3.63, 3.8) is 0 Å². The summed E-state index contributed by atoms with van der Waals surface area (Å²) < 4.78 is 5.25. The molecule has 0 radical (unpaired) electrons. The molecule has 2 aromatic carbocycles. The first-order valence-electron chi connectivity index (χ1n) is 9.65. The first-order chi connectivity index (χ1) is 13.6. The van der Waals surface area contributed by atoms with Crippen LogP contribution in [0.3, 0.4) is 0 Å². The SMILES string of the molecule is COc1ccc(CN2CN(C3CCC(O)CC3)c3ccc(C#N)cc32)cc1Cl. The minimum atomic E-state index is -0.170. The zero-order chi connectivity index (χ0) is 19.7. The third kappa shape index (κ3) is 3.63. The van der Waals surface area contributed by atoms with Gasteiger partial charge in [-0.3, -0.25) is 0 Å². The number of anilines is 2. The average molecular weight is 398 g/mol. The first-order valence-corrected chi connectivity index (χ1v) is 10.0. The third-order valence-electron chi connectivity index (χ3n) is 5.77. The molecule has 1 heterocycles. The van der Waals surface area contributed by atoms with Gasteiger partial charge in [0.05, 0.1) is 47.9 Å². The number of nitrogens with zero attached hydrogens (tertiary/aromatic N) is 3.